The average molecular weight is 313 g/mol. The zero-order chi connectivity index (χ0) is 16.4. The van der Waals surface area contributed by atoms with Crippen LogP contribution in [-0.4, -0.2) is 41.7 Å². The Labute approximate surface area is 136 Å². The molecule has 0 radical (unpaired) electrons. The van der Waals surface area contributed by atoms with Crippen molar-refractivity contribution in [1.82, 2.24) is 14.5 Å². The van der Waals surface area contributed by atoms with Gasteiger partial charge < -0.3 is 14.4 Å². The molecule has 1 saturated heterocycles. The minimum atomic E-state index is 0.0643. The molecule has 0 spiro atoms. The summed E-state index contributed by atoms with van der Waals surface area (Å²) in [6.45, 7) is 1.87. The Hall–Kier alpha value is -2.37. The van der Waals surface area contributed by atoms with E-state index < -0.39 is 0 Å². The molecule has 1 aliphatic heterocycles. The summed E-state index contributed by atoms with van der Waals surface area (Å²) in [5, 5.41) is 0. The summed E-state index contributed by atoms with van der Waals surface area (Å²) < 4.78 is 1.61. The van der Waals surface area contributed by atoms with E-state index in [1.54, 1.807) is 23.9 Å². The second kappa shape index (κ2) is 6.40. The maximum atomic E-state index is 11.8. The van der Waals surface area contributed by atoms with Crippen LogP contribution in [-0.2, 0) is 7.05 Å². The third-order valence-corrected chi connectivity index (χ3v) is 4.49. The van der Waals surface area contributed by atoms with E-state index in [-0.39, 0.29) is 5.56 Å². The van der Waals surface area contributed by atoms with E-state index in [0.29, 0.717) is 5.92 Å². The monoisotopic (exact) mass is 313 g/mol. The summed E-state index contributed by atoms with van der Waals surface area (Å²) in [6.07, 6.45) is 7.51. The molecule has 6 heteroatoms. The summed E-state index contributed by atoms with van der Waals surface area (Å²) in [4.78, 5) is 25.0. The van der Waals surface area contributed by atoms with Gasteiger partial charge in [0.2, 0.25) is 0 Å². The predicted molar refractivity (Wildman–Crippen MR) is 92.2 cm³/mol. The summed E-state index contributed by atoms with van der Waals surface area (Å²) in [6, 6.07) is 3.83. The number of hydrogen-bond donors (Lipinski definition) is 0. The Bertz CT molecular complexity index is 732. The maximum absolute atomic E-state index is 11.8. The van der Waals surface area contributed by atoms with Gasteiger partial charge in [0.1, 0.15) is 11.6 Å². The van der Waals surface area contributed by atoms with Crippen LogP contribution in [0.25, 0.3) is 0 Å². The zero-order valence-electron chi connectivity index (χ0n) is 13.9. The Morgan fingerprint density at radius 2 is 1.96 bits per heavy atom. The van der Waals surface area contributed by atoms with Gasteiger partial charge in [0.15, 0.2) is 0 Å². The van der Waals surface area contributed by atoms with Gasteiger partial charge in [-0.05, 0) is 30.4 Å². The largest absolute Gasteiger partial charge is 0.361 e. The number of rotatable bonds is 3. The van der Waals surface area contributed by atoms with Crippen LogP contribution in [0.15, 0.2) is 35.5 Å². The fourth-order valence-electron chi connectivity index (χ4n) is 2.97. The normalized spacial score (nSPS) is 15.7. The van der Waals surface area contributed by atoms with E-state index in [2.05, 4.69) is 20.9 Å². The second-order valence-corrected chi connectivity index (χ2v) is 6.30. The van der Waals surface area contributed by atoms with Gasteiger partial charge in [0, 0.05) is 46.5 Å². The molecule has 1 aliphatic rings. The van der Waals surface area contributed by atoms with Crippen LogP contribution >= 0.6 is 0 Å². The number of anilines is 2. The maximum Gasteiger partial charge on any atom is 0.250 e. The van der Waals surface area contributed by atoms with Crippen molar-refractivity contribution in [2.45, 2.75) is 18.8 Å². The van der Waals surface area contributed by atoms with Crippen LogP contribution < -0.4 is 15.4 Å². The SMILES string of the molecule is CN(C)c1cncc(N2CCC(c3ccn(C)c(=O)c3)CC2)n1. The van der Waals surface area contributed by atoms with Crippen molar-refractivity contribution in [3.8, 4) is 0 Å². The molecule has 3 rings (SSSR count). The molecule has 2 aromatic heterocycles. The number of aromatic nitrogens is 3. The number of piperidine rings is 1. The lowest BCUT2D eigenvalue weighted by Crippen LogP contribution is -2.34. The lowest BCUT2D eigenvalue weighted by atomic mass is 9.90. The molecule has 23 heavy (non-hydrogen) atoms. The first kappa shape index (κ1) is 15.5. The summed E-state index contributed by atoms with van der Waals surface area (Å²) in [5.41, 5.74) is 1.22. The van der Waals surface area contributed by atoms with Crippen molar-refractivity contribution in [2.24, 2.45) is 7.05 Å². The van der Waals surface area contributed by atoms with Crippen LogP contribution in [0.2, 0.25) is 0 Å². The van der Waals surface area contributed by atoms with Crippen LogP contribution in [0, 0.1) is 0 Å². The molecule has 122 valence electrons. The molecule has 2 aromatic rings. The van der Waals surface area contributed by atoms with E-state index in [1.807, 2.05) is 31.4 Å². The fraction of sp³-hybridized carbons (Fsp3) is 0.471. The van der Waals surface area contributed by atoms with Crippen molar-refractivity contribution >= 4 is 11.6 Å². The van der Waals surface area contributed by atoms with E-state index in [4.69, 9.17) is 0 Å². The first-order valence-electron chi connectivity index (χ1n) is 7.95. The predicted octanol–water partition coefficient (Wildman–Crippen LogP) is 1.63. The summed E-state index contributed by atoms with van der Waals surface area (Å²) in [7, 11) is 5.72. The molecule has 3 heterocycles. The number of pyridine rings is 1. The smallest absolute Gasteiger partial charge is 0.250 e. The minimum absolute atomic E-state index is 0.0643. The summed E-state index contributed by atoms with van der Waals surface area (Å²) in [5.74, 6) is 2.25. The Balaban J connectivity index is 1.69. The first-order chi connectivity index (χ1) is 11.0. The van der Waals surface area contributed by atoms with Crippen LogP contribution in [0.1, 0.15) is 24.3 Å². The Morgan fingerprint density at radius 1 is 1.22 bits per heavy atom. The molecule has 0 amide bonds. The standard InChI is InChI=1S/C17H23N5O/c1-20(2)15-11-18-12-16(19-15)22-8-5-13(6-9-22)14-4-7-21(3)17(23)10-14/h4,7,10-13H,5-6,8-9H2,1-3H3. The van der Waals surface area contributed by atoms with Crippen molar-refractivity contribution < 1.29 is 0 Å². The van der Waals surface area contributed by atoms with Gasteiger partial charge in [-0.3, -0.25) is 9.78 Å². The molecule has 0 N–H and O–H groups in total. The Morgan fingerprint density at radius 3 is 2.61 bits per heavy atom. The molecule has 0 unspecified atom stereocenters. The quantitative estimate of drug-likeness (QED) is 0.862. The van der Waals surface area contributed by atoms with Crippen LogP contribution in [0.4, 0.5) is 11.6 Å². The highest BCUT2D eigenvalue weighted by molar-refractivity contribution is 5.45. The van der Waals surface area contributed by atoms with Crippen LogP contribution in [0.5, 0.6) is 0 Å². The van der Waals surface area contributed by atoms with Crippen molar-refractivity contribution in [3.63, 3.8) is 0 Å². The molecule has 0 bridgehead atoms. The molecule has 0 saturated carbocycles. The number of hydrogen-bond acceptors (Lipinski definition) is 5. The lowest BCUT2D eigenvalue weighted by Gasteiger charge is -2.33. The van der Waals surface area contributed by atoms with Crippen molar-refractivity contribution in [2.75, 3.05) is 37.0 Å². The van der Waals surface area contributed by atoms with Gasteiger partial charge in [0.25, 0.3) is 5.56 Å². The van der Waals surface area contributed by atoms with E-state index in [9.17, 15) is 4.79 Å². The number of aryl methyl sites for hydroxylation is 1. The van der Waals surface area contributed by atoms with E-state index in [1.165, 1.54) is 0 Å². The number of nitrogens with zero attached hydrogens (tertiary/aromatic N) is 5. The molecule has 0 atom stereocenters. The second-order valence-electron chi connectivity index (χ2n) is 6.30. The molecule has 0 aliphatic carbocycles. The van der Waals surface area contributed by atoms with Crippen LogP contribution in [0.3, 0.4) is 0 Å². The van der Waals surface area contributed by atoms with Crippen molar-refractivity contribution in [3.05, 3.63) is 46.6 Å². The lowest BCUT2D eigenvalue weighted by molar-refractivity contribution is 0.501. The van der Waals surface area contributed by atoms with Gasteiger partial charge in [-0.25, -0.2) is 4.98 Å². The molecule has 6 nitrogen and oxygen atoms in total. The fourth-order valence-corrected chi connectivity index (χ4v) is 2.97. The highest BCUT2D eigenvalue weighted by Gasteiger charge is 2.22. The molecule has 0 aromatic carbocycles. The Kier molecular flexibility index (Phi) is 4.32. The third-order valence-electron chi connectivity index (χ3n) is 4.49. The summed E-state index contributed by atoms with van der Waals surface area (Å²) >= 11 is 0. The topological polar surface area (TPSA) is 54.3 Å². The minimum Gasteiger partial charge on any atom is -0.361 e. The zero-order valence-corrected chi connectivity index (χ0v) is 13.9. The highest BCUT2D eigenvalue weighted by atomic mass is 16.1. The molecule has 1 fully saturated rings. The highest BCUT2D eigenvalue weighted by Crippen LogP contribution is 2.29. The van der Waals surface area contributed by atoms with E-state index in [0.717, 1.165) is 43.1 Å². The third kappa shape index (κ3) is 3.36. The van der Waals surface area contributed by atoms with Gasteiger partial charge >= 0.3 is 0 Å². The molecular weight excluding hydrogens is 290 g/mol. The molecular formula is C17H23N5O. The van der Waals surface area contributed by atoms with Crippen molar-refractivity contribution in [1.29, 1.82) is 0 Å². The van der Waals surface area contributed by atoms with Gasteiger partial charge in [-0.15, -0.1) is 0 Å². The van der Waals surface area contributed by atoms with Gasteiger partial charge in [0.05, 0.1) is 12.4 Å². The first-order valence-corrected chi connectivity index (χ1v) is 7.95. The van der Waals surface area contributed by atoms with E-state index >= 15 is 0 Å². The average Bonchev–Trinajstić information content (AvgIpc) is 2.57. The van der Waals surface area contributed by atoms with Gasteiger partial charge in [-0.2, -0.15) is 0 Å². The van der Waals surface area contributed by atoms with Gasteiger partial charge in [-0.1, -0.05) is 0 Å².